The number of halogens is 3. The van der Waals surface area contributed by atoms with E-state index in [2.05, 4.69) is 4.90 Å². The molecule has 3 aromatic rings. The lowest BCUT2D eigenvalue weighted by molar-refractivity contribution is 0.204. The molecule has 0 saturated carbocycles. The number of anilines is 1. The number of benzene rings is 3. The number of nitrogens with zero attached hydrogens (tertiary/aromatic N) is 2. The summed E-state index contributed by atoms with van der Waals surface area (Å²) in [6.07, 6.45) is 4.55. The highest BCUT2D eigenvalue weighted by Gasteiger charge is 2.29. The van der Waals surface area contributed by atoms with Crippen molar-refractivity contribution in [1.29, 1.82) is 0 Å². The predicted octanol–water partition coefficient (Wildman–Crippen LogP) is 6.27. The molecule has 36 heavy (non-hydrogen) atoms. The fourth-order valence-electron chi connectivity index (χ4n) is 4.29. The van der Waals surface area contributed by atoms with Crippen LogP contribution < -0.4 is 9.04 Å². The van der Waals surface area contributed by atoms with Gasteiger partial charge in [-0.1, -0.05) is 36.2 Å². The zero-order valence-electron chi connectivity index (χ0n) is 19.9. The molecular weight excluding hydrogens is 506 g/mol. The Morgan fingerprint density at radius 1 is 0.944 bits per heavy atom. The number of hydrogen-bond donors (Lipinski definition) is 0. The Balaban J connectivity index is 1.58. The Hall–Kier alpha value is -2.68. The Kier molecular flexibility index (Phi) is 8.82. The molecule has 0 aromatic heterocycles. The van der Waals surface area contributed by atoms with Crippen molar-refractivity contribution in [3.05, 3.63) is 89.0 Å². The van der Waals surface area contributed by atoms with Crippen LogP contribution in [-0.4, -0.2) is 39.6 Å². The molecule has 3 aromatic carbocycles. The Labute approximate surface area is 216 Å². The number of likely N-dealkylation sites (tertiary alicyclic amines) is 1. The Morgan fingerprint density at radius 2 is 1.67 bits per heavy atom. The minimum atomic E-state index is -4.26. The van der Waals surface area contributed by atoms with Gasteiger partial charge in [0.25, 0.3) is 10.0 Å². The lowest BCUT2D eigenvalue weighted by atomic mass is 10.1. The molecule has 1 aliphatic rings. The Bertz CT molecular complexity index is 1270. The third-order valence-corrected chi connectivity index (χ3v) is 8.22. The van der Waals surface area contributed by atoms with Gasteiger partial charge in [0, 0.05) is 23.2 Å². The van der Waals surface area contributed by atoms with E-state index >= 15 is 0 Å². The summed E-state index contributed by atoms with van der Waals surface area (Å²) in [5, 5.41) is 0.362. The van der Waals surface area contributed by atoms with Crippen LogP contribution in [0.5, 0.6) is 5.75 Å². The first kappa shape index (κ1) is 26.4. The summed E-state index contributed by atoms with van der Waals surface area (Å²) < 4.78 is 63.0. The zero-order chi connectivity index (χ0) is 25.5. The van der Waals surface area contributed by atoms with Crippen molar-refractivity contribution in [3.63, 3.8) is 0 Å². The van der Waals surface area contributed by atoms with E-state index in [9.17, 15) is 17.2 Å². The van der Waals surface area contributed by atoms with Gasteiger partial charge in [-0.25, -0.2) is 17.2 Å². The molecule has 0 N–H and O–H groups in total. The number of piperidine rings is 1. The molecule has 1 fully saturated rings. The minimum Gasteiger partial charge on any atom is -0.493 e. The van der Waals surface area contributed by atoms with E-state index in [1.54, 1.807) is 24.3 Å². The zero-order valence-corrected chi connectivity index (χ0v) is 21.4. The normalized spacial score (nSPS) is 14.5. The van der Waals surface area contributed by atoms with E-state index < -0.39 is 21.7 Å². The van der Waals surface area contributed by atoms with E-state index in [0.717, 1.165) is 48.6 Å². The summed E-state index contributed by atoms with van der Waals surface area (Å²) in [5.74, 6) is -1.09. The van der Waals surface area contributed by atoms with Crippen LogP contribution in [0.1, 0.15) is 31.2 Å². The van der Waals surface area contributed by atoms with Gasteiger partial charge in [0.1, 0.15) is 17.4 Å². The molecule has 0 amide bonds. The number of ether oxygens (including phenoxy) is 1. The highest BCUT2D eigenvalue weighted by molar-refractivity contribution is 7.92. The van der Waals surface area contributed by atoms with Crippen molar-refractivity contribution in [2.75, 3.05) is 30.5 Å². The molecule has 0 aliphatic carbocycles. The van der Waals surface area contributed by atoms with E-state index in [-0.39, 0.29) is 17.1 Å². The average Bonchev–Trinajstić information content (AvgIpc) is 2.88. The maximum atomic E-state index is 14.8. The highest BCUT2D eigenvalue weighted by Crippen LogP contribution is 2.32. The van der Waals surface area contributed by atoms with Crippen LogP contribution in [0, 0.1) is 11.6 Å². The molecule has 192 valence electrons. The first-order chi connectivity index (χ1) is 17.3. The molecule has 0 bridgehead atoms. The van der Waals surface area contributed by atoms with E-state index in [1.807, 2.05) is 0 Å². The number of rotatable bonds is 10. The summed E-state index contributed by atoms with van der Waals surface area (Å²) in [7, 11) is -4.26. The van der Waals surface area contributed by atoms with E-state index in [0.29, 0.717) is 22.9 Å². The van der Waals surface area contributed by atoms with Gasteiger partial charge < -0.3 is 9.64 Å². The van der Waals surface area contributed by atoms with Gasteiger partial charge in [0.15, 0.2) is 0 Å². The maximum absolute atomic E-state index is 14.8. The highest BCUT2D eigenvalue weighted by atomic mass is 35.5. The second-order valence-electron chi connectivity index (χ2n) is 8.77. The number of para-hydroxylation sites is 1. The number of sulfonamides is 1. The van der Waals surface area contributed by atoms with Crippen molar-refractivity contribution in [3.8, 4) is 5.75 Å². The van der Waals surface area contributed by atoms with Crippen LogP contribution in [0.3, 0.4) is 0 Å². The maximum Gasteiger partial charge on any atom is 0.264 e. The molecule has 0 radical (unpaired) electrons. The van der Waals surface area contributed by atoms with E-state index in [4.69, 9.17) is 16.3 Å². The van der Waals surface area contributed by atoms with Gasteiger partial charge in [-0.05, 0) is 74.8 Å². The minimum absolute atomic E-state index is 0.0875. The molecule has 4 rings (SSSR count). The average molecular weight is 535 g/mol. The fourth-order valence-corrected chi connectivity index (χ4v) is 5.86. The SMILES string of the molecule is O=S(=O)(c1ccc(Cl)cc1)N(Cc1ccccc1OCCCN1CCCCC1)c1cc(F)ccc1F. The van der Waals surface area contributed by atoms with Crippen LogP contribution in [-0.2, 0) is 16.6 Å². The van der Waals surface area contributed by atoms with Gasteiger partial charge in [-0.15, -0.1) is 0 Å². The molecule has 9 heteroatoms. The van der Waals surface area contributed by atoms with E-state index in [1.165, 1.54) is 43.5 Å². The topological polar surface area (TPSA) is 49.9 Å². The van der Waals surface area contributed by atoms with Gasteiger partial charge >= 0.3 is 0 Å². The molecule has 1 saturated heterocycles. The quantitative estimate of drug-likeness (QED) is 0.288. The lowest BCUT2D eigenvalue weighted by Gasteiger charge is -2.27. The van der Waals surface area contributed by atoms with Gasteiger partial charge in [0.05, 0.1) is 23.7 Å². The van der Waals surface area contributed by atoms with Crippen LogP contribution in [0.15, 0.2) is 71.6 Å². The third kappa shape index (κ3) is 6.55. The number of hydrogen-bond acceptors (Lipinski definition) is 4. The molecule has 0 spiro atoms. The predicted molar refractivity (Wildman–Crippen MR) is 138 cm³/mol. The summed E-state index contributed by atoms with van der Waals surface area (Å²) >= 11 is 5.93. The summed E-state index contributed by atoms with van der Waals surface area (Å²) in [6.45, 7) is 3.37. The standard InChI is InChI=1S/C27H29ClF2N2O3S/c28-22-9-12-24(13-10-22)36(33,34)32(26-19-23(29)11-14-25(26)30)20-21-7-2-3-8-27(21)35-18-6-17-31-15-4-1-5-16-31/h2-3,7-14,19H,1,4-6,15-18,20H2. The van der Waals surface area contributed by atoms with Crippen LogP contribution in [0.4, 0.5) is 14.5 Å². The first-order valence-corrected chi connectivity index (χ1v) is 13.8. The first-order valence-electron chi connectivity index (χ1n) is 12.0. The molecule has 5 nitrogen and oxygen atoms in total. The fraction of sp³-hybridized carbons (Fsp3) is 0.333. The van der Waals surface area contributed by atoms with Gasteiger partial charge in [-0.2, -0.15) is 0 Å². The summed E-state index contributed by atoms with van der Waals surface area (Å²) in [5.41, 5.74) is 0.154. The van der Waals surface area contributed by atoms with Crippen LogP contribution in [0.25, 0.3) is 0 Å². The molecular formula is C27H29ClF2N2O3S. The molecule has 0 atom stereocenters. The third-order valence-electron chi connectivity index (χ3n) is 6.19. The Morgan fingerprint density at radius 3 is 2.42 bits per heavy atom. The molecule has 1 aliphatic heterocycles. The summed E-state index contributed by atoms with van der Waals surface area (Å²) in [6, 6.07) is 15.3. The smallest absolute Gasteiger partial charge is 0.264 e. The van der Waals surface area contributed by atoms with Crippen LogP contribution in [0.2, 0.25) is 5.02 Å². The van der Waals surface area contributed by atoms with Gasteiger partial charge in [-0.3, -0.25) is 4.31 Å². The van der Waals surface area contributed by atoms with Crippen LogP contribution >= 0.6 is 11.6 Å². The lowest BCUT2D eigenvalue weighted by Crippen LogP contribution is -2.32. The summed E-state index contributed by atoms with van der Waals surface area (Å²) in [4.78, 5) is 2.34. The van der Waals surface area contributed by atoms with Crippen molar-refractivity contribution >= 4 is 27.3 Å². The molecule has 1 heterocycles. The second kappa shape index (κ2) is 12.0. The van der Waals surface area contributed by atoms with Crippen molar-refractivity contribution in [1.82, 2.24) is 4.90 Å². The van der Waals surface area contributed by atoms with Gasteiger partial charge in [0.2, 0.25) is 0 Å². The second-order valence-corrected chi connectivity index (χ2v) is 11.1. The van der Waals surface area contributed by atoms with Crippen molar-refractivity contribution < 1.29 is 21.9 Å². The van der Waals surface area contributed by atoms with Crippen molar-refractivity contribution in [2.45, 2.75) is 37.1 Å². The molecule has 0 unspecified atom stereocenters. The van der Waals surface area contributed by atoms with Crippen molar-refractivity contribution in [2.24, 2.45) is 0 Å². The monoisotopic (exact) mass is 534 g/mol. The largest absolute Gasteiger partial charge is 0.493 e.